The molecular weight excluding hydrogens is 298 g/mol. The molecule has 4 nitrogen and oxygen atoms in total. The lowest BCUT2D eigenvalue weighted by Gasteiger charge is -2.23. The Hall–Kier alpha value is -1.07. The number of rotatable bonds is 7. The highest BCUT2D eigenvalue weighted by Gasteiger charge is 2.22. The van der Waals surface area contributed by atoms with Gasteiger partial charge >= 0.3 is 0 Å². The van der Waals surface area contributed by atoms with Crippen LogP contribution < -0.4 is 14.2 Å². The van der Waals surface area contributed by atoms with Crippen LogP contribution in [0, 0.1) is 6.92 Å². The van der Waals surface area contributed by atoms with Crippen LogP contribution >= 0.6 is 0 Å². The number of hydrogen-bond donors (Lipinski definition) is 1. The summed E-state index contributed by atoms with van der Waals surface area (Å²) in [6.07, 6.45) is 0. The summed E-state index contributed by atoms with van der Waals surface area (Å²) in [7, 11) is -1.13. The molecule has 0 aliphatic heterocycles. The number of ether oxygens (including phenoxy) is 2. The van der Waals surface area contributed by atoms with E-state index >= 15 is 0 Å². The van der Waals surface area contributed by atoms with Crippen molar-refractivity contribution in [3.8, 4) is 11.5 Å². The number of nitrogens with one attached hydrogen (secondary N) is 1. The minimum absolute atomic E-state index is 0.0564. The van der Waals surface area contributed by atoms with Crippen LogP contribution in [0.4, 0.5) is 0 Å². The van der Waals surface area contributed by atoms with Crippen LogP contribution in [0.2, 0.25) is 0 Å². The maximum absolute atomic E-state index is 12.3. The summed E-state index contributed by atoms with van der Waals surface area (Å²) in [4.78, 5) is 0. The molecule has 22 heavy (non-hydrogen) atoms. The molecule has 5 heteroatoms. The maximum Gasteiger partial charge on any atom is 0.126 e. The molecular formula is C17H29NO3S. The predicted molar refractivity (Wildman–Crippen MR) is 93.0 cm³/mol. The third-order valence-corrected chi connectivity index (χ3v) is 4.95. The zero-order chi connectivity index (χ0) is 16.9. The van der Waals surface area contributed by atoms with Crippen LogP contribution in [-0.4, -0.2) is 22.2 Å². The zero-order valence-electron chi connectivity index (χ0n) is 14.8. The van der Waals surface area contributed by atoms with Crippen LogP contribution in [-0.2, 0) is 11.0 Å². The minimum Gasteiger partial charge on any atom is -0.493 e. The topological polar surface area (TPSA) is 47.6 Å². The second-order valence-electron chi connectivity index (χ2n) is 6.23. The Kier molecular flexibility index (Phi) is 6.88. The zero-order valence-corrected chi connectivity index (χ0v) is 15.6. The molecule has 126 valence electrons. The average Bonchev–Trinajstić information content (AvgIpc) is 2.42. The molecule has 1 rings (SSSR count). The van der Waals surface area contributed by atoms with Crippen LogP contribution in [0.5, 0.6) is 11.5 Å². The lowest BCUT2D eigenvalue weighted by molar-refractivity contribution is 0.317. The van der Waals surface area contributed by atoms with Gasteiger partial charge in [0, 0.05) is 11.6 Å². The minimum atomic E-state index is -1.13. The lowest BCUT2D eigenvalue weighted by atomic mass is 10.0. The Labute approximate surface area is 137 Å². The molecule has 0 aromatic heterocycles. The summed E-state index contributed by atoms with van der Waals surface area (Å²) >= 11 is 0. The van der Waals surface area contributed by atoms with Crippen molar-refractivity contribution >= 4 is 11.0 Å². The smallest absolute Gasteiger partial charge is 0.126 e. The molecule has 0 amide bonds. The third kappa shape index (κ3) is 4.99. The monoisotopic (exact) mass is 327 g/mol. The van der Waals surface area contributed by atoms with E-state index in [1.807, 2.05) is 60.6 Å². The molecule has 0 aliphatic rings. The first-order chi connectivity index (χ1) is 10.2. The van der Waals surface area contributed by atoms with Crippen molar-refractivity contribution < 1.29 is 13.7 Å². The quantitative estimate of drug-likeness (QED) is 0.826. The summed E-state index contributed by atoms with van der Waals surface area (Å²) < 4.78 is 26.5. The Morgan fingerprint density at radius 3 is 1.95 bits per heavy atom. The summed E-state index contributed by atoms with van der Waals surface area (Å²) in [5.41, 5.74) is 2.01. The Morgan fingerprint density at radius 2 is 1.59 bits per heavy atom. The van der Waals surface area contributed by atoms with Gasteiger partial charge in [0.1, 0.15) is 11.5 Å². The van der Waals surface area contributed by atoms with E-state index in [1.54, 1.807) is 0 Å². The van der Waals surface area contributed by atoms with E-state index in [1.165, 1.54) is 0 Å². The van der Waals surface area contributed by atoms with Gasteiger partial charge in [-0.05, 0) is 66.2 Å². The summed E-state index contributed by atoms with van der Waals surface area (Å²) in [6.45, 7) is 15.0. The fourth-order valence-electron chi connectivity index (χ4n) is 1.95. The molecule has 0 spiro atoms. The number of benzene rings is 1. The van der Waals surface area contributed by atoms with E-state index in [2.05, 4.69) is 4.72 Å². The summed E-state index contributed by atoms with van der Waals surface area (Å²) in [5, 5.41) is 0. The van der Waals surface area contributed by atoms with E-state index in [9.17, 15) is 4.21 Å². The molecule has 0 fully saturated rings. The molecule has 0 bridgehead atoms. The van der Waals surface area contributed by atoms with E-state index < -0.39 is 11.0 Å². The van der Waals surface area contributed by atoms with Crippen molar-refractivity contribution in [1.82, 2.24) is 4.72 Å². The van der Waals surface area contributed by atoms with Crippen LogP contribution in [0.3, 0.4) is 0 Å². The Morgan fingerprint density at radius 1 is 1.14 bits per heavy atom. The largest absolute Gasteiger partial charge is 0.493 e. The van der Waals surface area contributed by atoms with E-state index in [0.717, 1.165) is 22.6 Å². The van der Waals surface area contributed by atoms with Crippen molar-refractivity contribution in [3.63, 3.8) is 0 Å². The molecule has 0 saturated heterocycles. The van der Waals surface area contributed by atoms with Gasteiger partial charge in [0.05, 0.1) is 28.9 Å². The molecule has 2 atom stereocenters. The molecule has 0 aliphatic carbocycles. The second kappa shape index (κ2) is 7.97. The Bertz CT molecular complexity index is 496. The van der Waals surface area contributed by atoms with Gasteiger partial charge < -0.3 is 9.47 Å². The van der Waals surface area contributed by atoms with Gasteiger partial charge in [-0.3, -0.25) is 0 Å². The van der Waals surface area contributed by atoms with Crippen molar-refractivity contribution in [3.05, 3.63) is 23.3 Å². The van der Waals surface area contributed by atoms with Gasteiger partial charge in [0.15, 0.2) is 0 Å². The molecule has 0 saturated carbocycles. The lowest BCUT2D eigenvalue weighted by Crippen LogP contribution is -2.34. The van der Waals surface area contributed by atoms with Crippen molar-refractivity contribution in [1.29, 1.82) is 0 Å². The van der Waals surface area contributed by atoms with Gasteiger partial charge in [-0.25, -0.2) is 8.93 Å². The van der Waals surface area contributed by atoms with Crippen molar-refractivity contribution in [2.75, 3.05) is 13.2 Å². The van der Waals surface area contributed by atoms with Gasteiger partial charge in [-0.2, -0.15) is 0 Å². The second-order valence-corrected chi connectivity index (χ2v) is 8.23. The van der Waals surface area contributed by atoms with Crippen LogP contribution in [0.25, 0.3) is 0 Å². The molecule has 0 unspecified atom stereocenters. The van der Waals surface area contributed by atoms with Crippen molar-refractivity contribution in [2.24, 2.45) is 0 Å². The average molecular weight is 327 g/mol. The molecule has 0 radical (unpaired) electrons. The molecule has 0 heterocycles. The predicted octanol–water partition coefficient (Wildman–Crippen LogP) is 3.91. The van der Waals surface area contributed by atoms with E-state index in [4.69, 9.17) is 9.47 Å². The highest BCUT2D eigenvalue weighted by atomic mass is 32.2. The molecule has 1 aromatic carbocycles. The summed E-state index contributed by atoms with van der Waals surface area (Å²) in [6, 6.07) is 3.94. The first kappa shape index (κ1) is 19.0. The van der Waals surface area contributed by atoms with Gasteiger partial charge in [-0.15, -0.1) is 0 Å². The first-order valence-corrected chi connectivity index (χ1v) is 8.93. The third-order valence-electron chi connectivity index (χ3n) is 3.27. The SMILES string of the molecule is CCOc1cc([C@@H](C)N[S@@](=O)C(C)(C)C)cc(OCC)c1C. The van der Waals surface area contributed by atoms with E-state index in [0.29, 0.717) is 13.2 Å². The van der Waals surface area contributed by atoms with Crippen molar-refractivity contribution in [2.45, 2.75) is 59.3 Å². The standard InChI is InChI=1S/C17H29NO3S/c1-8-20-15-10-14(11-16(12(15)3)21-9-2)13(4)18-22(19)17(5,6)7/h10-11,13,18H,8-9H2,1-7H3/t13-,22+/m1/s1. The normalized spacial score (nSPS) is 14.5. The van der Waals surface area contributed by atoms with Gasteiger partial charge in [-0.1, -0.05) is 0 Å². The fraction of sp³-hybridized carbons (Fsp3) is 0.647. The first-order valence-electron chi connectivity index (χ1n) is 7.78. The maximum atomic E-state index is 12.3. The van der Waals surface area contributed by atoms with Gasteiger partial charge in [0.25, 0.3) is 0 Å². The Balaban J connectivity index is 3.09. The molecule has 1 N–H and O–H groups in total. The van der Waals surface area contributed by atoms with Gasteiger partial charge in [0.2, 0.25) is 0 Å². The van der Waals surface area contributed by atoms with E-state index in [-0.39, 0.29) is 10.8 Å². The van der Waals surface area contributed by atoms with Crippen LogP contribution in [0.1, 0.15) is 58.7 Å². The summed E-state index contributed by atoms with van der Waals surface area (Å²) in [5.74, 6) is 1.64. The van der Waals surface area contributed by atoms with Crippen LogP contribution in [0.15, 0.2) is 12.1 Å². The number of hydrogen-bond acceptors (Lipinski definition) is 3. The highest BCUT2D eigenvalue weighted by molar-refractivity contribution is 7.84. The fourth-order valence-corrected chi connectivity index (χ4v) is 2.76. The molecule has 1 aromatic rings. The highest BCUT2D eigenvalue weighted by Crippen LogP contribution is 2.32.